The Labute approximate surface area is 378 Å². The highest BCUT2D eigenvalue weighted by Gasteiger charge is 2.56. The molecule has 2 aromatic heterocycles. The molecule has 1 aromatic carbocycles. The number of ether oxygens (including phenoxy) is 1. The Morgan fingerprint density at radius 3 is 2.14 bits per heavy atom. The minimum Gasteiger partial charge on any atom is -0.444 e. The summed E-state index contributed by atoms with van der Waals surface area (Å²) in [6.45, 7) is 25.1. The molecule has 0 bridgehead atoms. The summed E-state index contributed by atoms with van der Waals surface area (Å²) >= 11 is 1.67. The molecule has 3 atom stereocenters. The van der Waals surface area contributed by atoms with Gasteiger partial charge < -0.3 is 26.5 Å². The van der Waals surface area contributed by atoms with Gasteiger partial charge in [-0.3, -0.25) is 29.0 Å². The number of unbranched alkanes of at least 4 members (excludes halogenated alkanes) is 1. The van der Waals surface area contributed by atoms with Crippen molar-refractivity contribution < 1.29 is 32.3 Å². The normalized spacial score (nSPS) is 16.7. The van der Waals surface area contributed by atoms with Gasteiger partial charge in [0.05, 0.1) is 16.7 Å². The molecule has 63 heavy (non-hydrogen) atoms. The fraction of sp³-hybridized carbons (Fsp3) is 0.689. The highest BCUT2D eigenvalue weighted by Crippen LogP contribution is 2.44. The van der Waals surface area contributed by atoms with Crippen molar-refractivity contribution in [3.8, 4) is 10.6 Å². The summed E-state index contributed by atoms with van der Waals surface area (Å²) in [4.78, 5) is 63.5. The van der Waals surface area contributed by atoms with Crippen LogP contribution in [0.1, 0.15) is 157 Å². The monoisotopic (exact) mass is 921 g/mol. The van der Waals surface area contributed by atoms with Crippen LogP contribution in [0.3, 0.4) is 0 Å². The molecular formula is C45H76N8O8S2. The third-order valence-electron chi connectivity index (χ3n) is 10.2. The number of thiazole rings is 1. The number of para-hydroxylation sites is 1. The topological polar surface area (TPSA) is 250 Å². The molecule has 2 fully saturated rings. The lowest BCUT2D eigenvalue weighted by atomic mass is 10.1. The van der Waals surface area contributed by atoms with Crippen LogP contribution >= 0.6 is 11.3 Å². The quantitative estimate of drug-likeness (QED) is 0.0520. The second kappa shape index (κ2) is 24.7. The van der Waals surface area contributed by atoms with E-state index in [1.165, 1.54) is 4.88 Å². The van der Waals surface area contributed by atoms with Gasteiger partial charge in [-0.25, -0.2) is 23.0 Å². The number of primary amides is 2. The molecule has 3 unspecified atom stereocenters. The number of nitrogens with zero attached hydrogens (tertiary/aromatic N) is 2. The van der Waals surface area contributed by atoms with Crippen LogP contribution in [0.25, 0.3) is 21.6 Å². The molecule has 0 radical (unpaired) electrons. The first-order valence-electron chi connectivity index (χ1n) is 22.3. The van der Waals surface area contributed by atoms with E-state index in [0.29, 0.717) is 38.3 Å². The highest BCUT2D eigenvalue weighted by atomic mass is 32.2. The maximum atomic E-state index is 12.9. The molecule has 2 heterocycles. The fourth-order valence-electron chi connectivity index (χ4n) is 6.67. The number of hydrogen-bond donors (Lipinski definition) is 6. The van der Waals surface area contributed by atoms with Gasteiger partial charge in [0.2, 0.25) is 18.2 Å². The Morgan fingerprint density at radius 1 is 1.03 bits per heavy atom. The Balaban J connectivity index is 0.000000487. The molecule has 356 valence electrons. The summed E-state index contributed by atoms with van der Waals surface area (Å²) in [5.74, 6) is 0.538. The lowest BCUT2D eigenvalue weighted by Crippen LogP contribution is -2.48. The molecule has 3 aromatic rings. The first-order chi connectivity index (χ1) is 29.3. The summed E-state index contributed by atoms with van der Waals surface area (Å²) in [7, 11) is -3.74. The number of carbonyl (C=O) groups excluding carboxylic acids is 4. The first kappa shape index (κ1) is 54.8. The number of amides is 4. The number of aromatic nitrogens is 3. The van der Waals surface area contributed by atoms with Gasteiger partial charge in [0, 0.05) is 34.9 Å². The van der Waals surface area contributed by atoms with Crippen molar-refractivity contribution >= 4 is 56.7 Å². The summed E-state index contributed by atoms with van der Waals surface area (Å²) in [6.07, 6.45) is 6.75. The fourth-order valence-corrected chi connectivity index (χ4v) is 9.50. The van der Waals surface area contributed by atoms with Crippen molar-refractivity contribution in [1.29, 1.82) is 0 Å². The van der Waals surface area contributed by atoms with Crippen LogP contribution in [0.2, 0.25) is 0 Å². The van der Waals surface area contributed by atoms with Crippen molar-refractivity contribution in [2.24, 2.45) is 35.1 Å². The minimum absolute atomic E-state index is 0.0517. The zero-order valence-electron chi connectivity index (χ0n) is 39.7. The Morgan fingerprint density at radius 2 is 1.67 bits per heavy atom. The molecule has 2 aliphatic carbocycles. The number of nitrogens with one attached hydrogen (secondary N) is 4. The molecule has 5 rings (SSSR count). The largest absolute Gasteiger partial charge is 0.444 e. The van der Waals surface area contributed by atoms with E-state index in [0.717, 1.165) is 78.2 Å². The SMILES string of the molecule is CC(C)(C)OC(N)=O.CC(C)C.CC(CCCNC=O)C(N)=O.CCC1CC1C(=O)NS(=O)(=O)C1(NCCCCc2sc(-c3cccc4c3[nH]c(=O)n4C(C)C)nc2C(C)C)CC1. The van der Waals surface area contributed by atoms with E-state index >= 15 is 0 Å². The van der Waals surface area contributed by atoms with Gasteiger partial charge in [0.15, 0.2) is 0 Å². The zero-order valence-corrected chi connectivity index (χ0v) is 41.3. The van der Waals surface area contributed by atoms with Gasteiger partial charge in [0.25, 0.3) is 10.0 Å². The summed E-state index contributed by atoms with van der Waals surface area (Å²) in [5, 5.41) is 6.65. The maximum Gasteiger partial charge on any atom is 0.405 e. The second-order valence-electron chi connectivity index (χ2n) is 18.7. The van der Waals surface area contributed by atoms with Crippen LogP contribution in [0.5, 0.6) is 0 Å². The van der Waals surface area contributed by atoms with Gasteiger partial charge in [0.1, 0.15) is 15.5 Å². The lowest BCUT2D eigenvalue weighted by Gasteiger charge is -2.18. The van der Waals surface area contributed by atoms with E-state index in [1.54, 1.807) is 43.6 Å². The van der Waals surface area contributed by atoms with Gasteiger partial charge in [-0.1, -0.05) is 61.0 Å². The standard InChI is InChI=1S/C29H41N5O4S2.C7H14N2O2.C5H11NO2.C4H10/c1-6-19-16-21(19)26(35)33-40(37,38)29(13-14-29)30-15-8-7-12-23-24(17(2)3)31-27(39-23)20-10-9-11-22-25(20)32-28(36)34(22)18(4)5;1-6(7(8)11)3-2-4-9-5-10;1-5(2,3)8-4(6)7;1-4(2)3/h9-11,17-19,21,30H,6-8,12-16H2,1-5H3,(H,32,36)(H,33,35);5-6H,2-4H2,1H3,(H2,8,11)(H,9,10);1-3H3,(H2,6,7);4H,1-3H3. The van der Waals surface area contributed by atoms with Crippen molar-refractivity contribution in [3.63, 3.8) is 0 Å². The van der Waals surface area contributed by atoms with Gasteiger partial charge in [-0.15, -0.1) is 11.3 Å². The first-order valence-corrected chi connectivity index (χ1v) is 24.6. The molecule has 18 heteroatoms. The number of imidazole rings is 1. The van der Waals surface area contributed by atoms with E-state index in [1.807, 2.05) is 39.0 Å². The lowest BCUT2D eigenvalue weighted by molar-refractivity contribution is -0.122. The number of H-pyrrole nitrogens is 1. The van der Waals surface area contributed by atoms with Crippen molar-refractivity contribution in [3.05, 3.63) is 39.3 Å². The number of aromatic amines is 1. The number of benzene rings is 1. The van der Waals surface area contributed by atoms with Crippen LogP contribution in [0.15, 0.2) is 23.0 Å². The highest BCUT2D eigenvalue weighted by molar-refractivity contribution is 7.91. The van der Waals surface area contributed by atoms with E-state index < -0.39 is 26.6 Å². The predicted octanol–water partition coefficient (Wildman–Crippen LogP) is 7.23. The number of nitrogens with two attached hydrogens (primary N) is 2. The van der Waals surface area contributed by atoms with E-state index in [9.17, 15) is 32.4 Å². The van der Waals surface area contributed by atoms with E-state index in [-0.39, 0.29) is 41.3 Å². The average molecular weight is 921 g/mol. The third kappa shape index (κ3) is 17.7. The number of sulfonamides is 1. The molecule has 0 spiro atoms. The summed E-state index contributed by atoms with van der Waals surface area (Å²) < 4.78 is 34.6. The molecule has 0 aliphatic heterocycles. The number of fused-ring (bicyclic) bond motifs is 1. The third-order valence-corrected chi connectivity index (χ3v) is 13.4. The van der Waals surface area contributed by atoms with Crippen molar-refractivity contribution in [1.82, 2.24) is 29.9 Å². The number of carbonyl (C=O) groups is 4. The van der Waals surface area contributed by atoms with Gasteiger partial charge in [-0.05, 0) is 122 Å². The average Bonchev–Trinajstić information content (AvgIpc) is 4.06. The van der Waals surface area contributed by atoms with Crippen LogP contribution in [-0.4, -0.2) is 70.8 Å². The van der Waals surface area contributed by atoms with Crippen molar-refractivity contribution in [2.45, 2.75) is 163 Å². The molecule has 16 nitrogen and oxygen atoms in total. The van der Waals surface area contributed by atoms with Gasteiger partial charge in [-0.2, -0.15) is 0 Å². The Hall–Kier alpha value is -4.29. The molecular weight excluding hydrogens is 845 g/mol. The summed E-state index contributed by atoms with van der Waals surface area (Å²) in [5.41, 5.74) is 12.9. The van der Waals surface area contributed by atoms with Crippen LogP contribution in [0.4, 0.5) is 4.79 Å². The van der Waals surface area contributed by atoms with Crippen LogP contribution in [-0.2, 0) is 35.6 Å². The number of aryl methyl sites for hydroxylation is 1. The maximum absolute atomic E-state index is 12.9. The van der Waals surface area contributed by atoms with Crippen molar-refractivity contribution in [2.75, 3.05) is 13.1 Å². The molecule has 4 amide bonds. The molecule has 2 aliphatic rings. The minimum atomic E-state index is -3.74. The Kier molecular flexibility index (Phi) is 21.5. The predicted molar refractivity (Wildman–Crippen MR) is 253 cm³/mol. The summed E-state index contributed by atoms with van der Waals surface area (Å²) in [6, 6.07) is 6.01. The molecule has 2 saturated carbocycles. The number of rotatable bonds is 19. The number of hydrogen-bond acceptors (Lipinski definition) is 11. The van der Waals surface area contributed by atoms with E-state index in [2.05, 4.69) is 59.7 Å². The van der Waals surface area contributed by atoms with Crippen LogP contribution < -0.4 is 32.5 Å². The van der Waals surface area contributed by atoms with E-state index in [4.69, 9.17) is 16.5 Å². The smallest absolute Gasteiger partial charge is 0.405 e. The second-order valence-corrected chi connectivity index (χ2v) is 21.8. The van der Waals surface area contributed by atoms with Crippen LogP contribution in [0, 0.1) is 23.7 Å². The van der Waals surface area contributed by atoms with Gasteiger partial charge >= 0.3 is 11.8 Å². The molecule has 8 N–H and O–H groups in total. The Bertz CT molecular complexity index is 2110. The zero-order chi connectivity index (χ0) is 47.9. The molecule has 0 saturated heterocycles.